The summed E-state index contributed by atoms with van der Waals surface area (Å²) >= 11 is 0.919. The van der Waals surface area contributed by atoms with Gasteiger partial charge in [0.15, 0.2) is 10.9 Å². The van der Waals surface area contributed by atoms with Crippen LogP contribution in [0.5, 0.6) is 0 Å². The van der Waals surface area contributed by atoms with Crippen molar-refractivity contribution in [2.75, 3.05) is 5.75 Å². The van der Waals surface area contributed by atoms with Gasteiger partial charge in [-0.05, 0) is 29.8 Å². The summed E-state index contributed by atoms with van der Waals surface area (Å²) in [6.45, 7) is -1.20. The maximum atomic E-state index is 13.0. The number of hydrogen-bond acceptors (Lipinski definition) is 3. The zero-order chi connectivity index (χ0) is 19.4. The number of nitrogens with zero attached hydrogens (tertiary/aromatic N) is 2. The molecular weight excluding hydrogens is 380 g/mol. The molecule has 1 aromatic heterocycles. The second-order valence-corrected chi connectivity index (χ2v) is 6.65. The molecule has 0 unspecified atom stereocenters. The number of rotatable bonds is 6. The fourth-order valence-corrected chi connectivity index (χ4v) is 3.37. The molecule has 3 aromatic rings. The van der Waals surface area contributed by atoms with Gasteiger partial charge in [0, 0.05) is 5.56 Å². The van der Waals surface area contributed by atoms with Crippen LogP contribution in [-0.4, -0.2) is 27.3 Å². The first-order chi connectivity index (χ1) is 12.8. The van der Waals surface area contributed by atoms with Gasteiger partial charge in [-0.25, -0.2) is 9.37 Å². The van der Waals surface area contributed by atoms with Crippen LogP contribution in [0.15, 0.2) is 66.0 Å². The van der Waals surface area contributed by atoms with E-state index in [1.807, 2.05) is 0 Å². The van der Waals surface area contributed by atoms with Gasteiger partial charge in [-0.15, -0.1) is 0 Å². The molecule has 0 saturated heterocycles. The number of hydrogen-bond donors (Lipinski definition) is 0. The molecule has 0 bridgehead atoms. The molecule has 0 amide bonds. The van der Waals surface area contributed by atoms with Crippen molar-refractivity contribution in [3.8, 4) is 11.3 Å². The molecule has 0 fully saturated rings. The fourth-order valence-electron chi connectivity index (χ4n) is 2.49. The summed E-state index contributed by atoms with van der Waals surface area (Å²) in [6.07, 6.45) is -3.06. The van der Waals surface area contributed by atoms with Gasteiger partial charge in [0.2, 0.25) is 0 Å². The van der Waals surface area contributed by atoms with Crippen LogP contribution in [0.3, 0.4) is 0 Å². The Morgan fingerprint density at radius 2 is 1.70 bits per heavy atom. The van der Waals surface area contributed by atoms with Crippen molar-refractivity contribution in [2.45, 2.75) is 17.9 Å². The number of ketones is 1. The van der Waals surface area contributed by atoms with Gasteiger partial charge in [0.05, 0.1) is 17.6 Å². The minimum atomic E-state index is -4.43. The molecule has 27 heavy (non-hydrogen) atoms. The lowest BCUT2D eigenvalue weighted by atomic mass is 10.1. The third kappa shape index (κ3) is 4.97. The maximum absolute atomic E-state index is 13.0. The topological polar surface area (TPSA) is 34.9 Å². The number of halogens is 4. The van der Waals surface area contributed by atoms with Gasteiger partial charge in [-0.2, -0.15) is 13.2 Å². The quantitative estimate of drug-likeness (QED) is 0.326. The number of imidazole rings is 1. The van der Waals surface area contributed by atoms with Crippen LogP contribution in [0.2, 0.25) is 0 Å². The fraction of sp³-hybridized carbons (Fsp3) is 0.158. The summed E-state index contributed by atoms with van der Waals surface area (Å²) in [5.74, 6) is -0.885. The minimum Gasteiger partial charge on any atom is -0.310 e. The van der Waals surface area contributed by atoms with Crippen LogP contribution in [0.1, 0.15) is 10.4 Å². The monoisotopic (exact) mass is 394 g/mol. The molecule has 140 valence electrons. The van der Waals surface area contributed by atoms with Gasteiger partial charge in [0.25, 0.3) is 0 Å². The number of aromatic nitrogens is 2. The van der Waals surface area contributed by atoms with Crippen molar-refractivity contribution >= 4 is 17.5 Å². The molecule has 0 aliphatic heterocycles. The van der Waals surface area contributed by atoms with Crippen molar-refractivity contribution in [3.05, 3.63) is 72.2 Å². The zero-order valence-electron chi connectivity index (χ0n) is 13.9. The molecule has 3 rings (SSSR count). The lowest BCUT2D eigenvalue weighted by molar-refractivity contribution is -0.141. The average Bonchev–Trinajstić information content (AvgIpc) is 3.02. The Labute approximate surface area is 157 Å². The van der Waals surface area contributed by atoms with E-state index in [9.17, 15) is 22.4 Å². The Hall–Kier alpha value is -2.61. The van der Waals surface area contributed by atoms with E-state index in [1.54, 1.807) is 30.3 Å². The van der Waals surface area contributed by atoms with Crippen LogP contribution in [0.25, 0.3) is 11.3 Å². The van der Waals surface area contributed by atoms with Crippen molar-refractivity contribution in [3.63, 3.8) is 0 Å². The van der Waals surface area contributed by atoms with E-state index in [-0.39, 0.29) is 16.7 Å². The standard InChI is InChI=1S/C19H14F4N2OS/c20-15-8-6-14(7-9-15)17(26)11-27-18-24-10-16(13-4-2-1-3-5-13)25(18)12-19(21,22)23/h1-10H,11-12H2. The number of Topliss-reactive ketones (excluding diaryl/α,β-unsaturated/α-hetero) is 1. The molecule has 0 N–H and O–H groups in total. The van der Waals surface area contributed by atoms with Crippen LogP contribution in [-0.2, 0) is 6.54 Å². The normalized spacial score (nSPS) is 11.6. The van der Waals surface area contributed by atoms with E-state index in [4.69, 9.17) is 0 Å². The summed E-state index contributed by atoms with van der Waals surface area (Å²) in [6, 6.07) is 13.6. The molecule has 0 radical (unpaired) electrons. The smallest absolute Gasteiger partial charge is 0.310 e. The van der Waals surface area contributed by atoms with E-state index < -0.39 is 18.5 Å². The van der Waals surface area contributed by atoms with Crippen molar-refractivity contribution in [2.24, 2.45) is 0 Å². The van der Waals surface area contributed by atoms with Crippen molar-refractivity contribution in [1.29, 1.82) is 0 Å². The first-order valence-corrected chi connectivity index (χ1v) is 8.91. The zero-order valence-corrected chi connectivity index (χ0v) is 14.7. The predicted octanol–water partition coefficient (Wildman–Crippen LogP) is 5.23. The molecule has 2 aromatic carbocycles. The average molecular weight is 394 g/mol. The van der Waals surface area contributed by atoms with Gasteiger partial charge in [-0.3, -0.25) is 4.79 Å². The molecule has 0 spiro atoms. The molecule has 0 aliphatic rings. The van der Waals surface area contributed by atoms with Gasteiger partial charge >= 0.3 is 6.18 Å². The lowest BCUT2D eigenvalue weighted by Crippen LogP contribution is -2.19. The first-order valence-electron chi connectivity index (χ1n) is 7.93. The van der Waals surface area contributed by atoms with E-state index in [0.717, 1.165) is 28.5 Å². The highest BCUT2D eigenvalue weighted by Crippen LogP contribution is 2.30. The SMILES string of the molecule is O=C(CSc1ncc(-c2ccccc2)n1CC(F)(F)F)c1ccc(F)cc1. The van der Waals surface area contributed by atoms with Crippen molar-refractivity contribution in [1.82, 2.24) is 9.55 Å². The van der Waals surface area contributed by atoms with E-state index in [0.29, 0.717) is 16.8 Å². The first kappa shape index (κ1) is 19.2. The molecule has 8 heteroatoms. The number of thioether (sulfide) groups is 1. The highest BCUT2D eigenvalue weighted by Gasteiger charge is 2.31. The number of carbonyl (C=O) groups is 1. The Balaban J connectivity index is 1.83. The summed E-state index contributed by atoms with van der Waals surface area (Å²) in [4.78, 5) is 16.3. The highest BCUT2D eigenvalue weighted by atomic mass is 32.2. The van der Waals surface area contributed by atoms with Crippen LogP contribution < -0.4 is 0 Å². The molecular formula is C19H14F4N2OS. The third-order valence-electron chi connectivity index (χ3n) is 3.72. The van der Waals surface area contributed by atoms with E-state index in [1.165, 1.54) is 18.3 Å². The predicted molar refractivity (Wildman–Crippen MR) is 95.2 cm³/mol. The third-order valence-corrected chi connectivity index (χ3v) is 4.72. The van der Waals surface area contributed by atoms with Gasteiger partial charge < -0.3 is 4.57 Å². The van der Waals surface area contributed by atoms with Gasteiger partial charge in [-0.1, -0.05) is 42.1 Å². The maximum Gasteiger partial charge on any atom is 0.406 e. The number of benzene rings is 2. The molecule has 3 nitrogen and oxygen atoms in total. The second kappa shape index (κ2) is 7.96. The van der Waals surface area contributed by atoms with E-state index >= 15 is 0 Å². The highest BCUT2D eigenvalue weighted by molar-refractivity contribution is 7.99. The molecule has 0 atom stereocenters. The van der Waals surface area contributed by atoms with Crippen LogP contribution in [0.4, 0.5) is 17.6 Å². The lowest BCUT2D eigenvalue weighted by Gasteiger charge is -2.14. The second-order valence-electron chi connectivity index (χ2n) is 5.71. The van der Waals surface area contributed by atoms with Gasteiger partial charge in [0.1, 0.15) is 12.4 Å². The Bertz CT molecular complexity index is 921. The largest absolute Gasteiger partial charge is 0.406 e. The Kier molecular flexibility index (Phi) is 5.65. The van der Waals surface area contributed by atoms with Crippen LogP contribution >= 0.6 is 11.8 Å². The van der Waals surface area contributed by atoms with Crippen molar-refractivity contribution < 1.29 is 22.4 Å². The molecule has 0 saturated carbocycles. The van der Waals surface area contributed by atoms with Crippen LogP contribution in [0, 0.1) is 5.82 Å². The summed E-state index contributed by atoms with van der Waals surface area (Å²) in [5.41, 5.74) is 1.22. The minimum absolute atomic E-state index is 0.0987. The number of alkyl halides is 3. The van der Waals surface area contributed by atoms with E-state index in [2.05, 4.69) is 4.98 Å². The Morgan fingerprint density at radius 3 is 2.33 bits per heavy atom. The molecule has 0 aliphatic carbocycles. The molecule has 1 heterocycles. The summed E-state index contributed by atoms with van der Waals surface area (Å²) in [5, 5.41) is 0.0987. The summed E-state index contributed by atoms with van der Waals surface area (Å²) in [7, 11) is 0. The summed E-state index contributed by atoms with van der Waals surface area (Å²) < 4.78 is 53.1. The number of carbonyl (C=O) groups excluding carboxylic acids is 1. The Morgan fingerprint density at radius 1 is 1.04 bits per heavy atom.